The summed E-state index contributed by atoms with van der Waals surface area (Å²) in [6.45, 7) is -0.594. The van der Waals surface area contributed by atoms with E-state index in [1.807, 2.05) is 0 Å². The summed E-state index contributed by atoms with van der Waals surface area (Å²) >= 11 is 0. The Bertz CT molecular complexity index is 763. The minimum absolute atomic E-state index is 0.142. The number of nitrogen functional groups attached to an aromatic ring is 1. The lowest BCUT2D eigenvalue weighted by atomic mass is 10.1. The summed E-state index contributed by atoms with van der Waals surface area (Å²) in [6, 6.07) is 0. The van der Waals surface area contributed by atoms with Gasteiger partial charge in [0.15, 0.2) is 17.7 Å². The van der Waals surface area contributed by atoms with Crippen LogP contribution in [0.25, 0.3) is 11.2 Å². The van der Waals surface area contributed by atoms with Crippen LogP contribution in [0.4, 0.5) is 5.82 Å². The highest BCUT2D eigenvalue weighted by molar-refractivity contribution is 7.46. The number of phosphoric acid groups is 1. The second-order valence-electron chi connectivity index (χ2n) is 4.92. The predicted molar refractivity (Wildman–Crippen MR) is 73.7 cm³/mol. The molecule has 1 aliphatic heterocycles. The molecule has 23 heavy (non-hydrogen) atoms. The average molecular weight is 347 g/mol. The van der Waals surface area contributed by atoms with E-state index in [9.17, 15) is 14.8 Å². The fourth-order valence-electron chi connectivity index (χ4n) is 2.32. The third-order valence-electron chi connectivity index (χ3n) is 3.41. The van der Waals surface area contributed by atoms with Gasteiger partial charge in [-0.1, -0.05) is 0 Å². The third kappa shape index (κ3) is 3.05. The molecule has 1 unspecified atom stereocenters. The molecular weight excluding hydrogens is 333 g/mol. The van der Waals surface area contributed by atoms with E-state index in [-0.39, 0.29) is 11.5 Å². The van der Waals surface area contributed by atoms with Crippen molar-refractivity contribution < 1.29 is 33.8 Å². The molecule has 1 fully saturated rings. The molecule has 6 N–H and O–H groups in total. The quantitative estimate of drug-likeness (QED) is 0.390. The van der Waals surface area contributed by atoms with Crippen LogP contribution in [0.3, 0.4) is 0 Å². The zero-order chi connectivity index (χ0) is 16.8. The molecular formula is C10H14N5O7P. The van der Waals surface area contributed by atoms with E-state index in [0.29, 0.717) is 5.52 Å². The Balaban J connectivity index is 1.85. The molecule has 4 atom stereocenters. The molecule has 2 aromatic heterocycles. The number of rotatable bonds is 4. The van der Waals surface area contributed by atoms with Crippen LogP contribution in [0.5, 0.6) is 0 Å². The Labute approximate surface area is 128 Å². The molecule has 12 nitrogen and oxygen atoms in total. The number of aromatic nitrogens is 4. The lowest BCUT2D eigenvalue weighted by Gasteiger charge is -2.16. The summed E-state index contributed by atoms with van der Waals surface area (Å²) in [6.07, 6.45) is -2.49. The first-order chi connectivity index (χ1) is 10.8. The van der Waals surface area contributed by atoms with Gasteiger partial charge >= 0.3 is 7.82 Å². The second kappa shape index (κ2) is 5.76. The molecule has 2 aromatic rings. The Morgan fingerprint density at radius 2 is 2.04 bits per heavy atom. The number of nitrogens with two attached hydrogens (primary N) is 1. The molecule has 3 rings (SSSR count). The van der Waals surface area contributed by atoms with Crippen LogP contribution >= 0.6 is 7.82 Å². The summed E-state index contributed by atoms with van der Waals surface area (Å²) in [5.74, 6) is 0.142. The van der Waals surface area contributed by atoms with Crippen molar-refractivity contribution in [2.75, 3.05) is 12.3 Å². The molecule has 0 spiro atoms. The molecule has 0 saturated carbocycles. The fraction of sp³-hybridized carbons (Fsp3) is 0.500. The fourth-order valence-corrected chi connectivity index (χ4v) is 2.66. The van der Waals surface area contributed by atoms with Crippen molar-refractivity contribution in [2.45, 2.75) is 24.5 Å². The van der Waals surface area contributed by atoms with E-state index >= 15 is 0 Å². The first-order valence-electron chi connectivity index (χ1n) is 6.42. The minimum Gasteiger partial charge on any atom is -0.387 e. The van der Waals surface area contributed by atoms with Crippen LogP contribution in [0, 0.1) is 0 Å². The highest BCUT2D eigenvalue weighted by atomic mass is 31.2. The number of aliphatic hydroxyl groups is 2. The Kier molecular flexibility index (Phi) is 4.06. The summed E-state index contributed by atoms with van der Waals surface area (Å²) in [5.41, 5.74) is 6.25. The van der Waals surface area contributed by atoms with Crippen LogP contribution in [0.1, 0.15) is 6.23 Å². The van der Waals surface area contributed by atoms with Crippen molar-refractivity contribution in [2.24, 2.45) is 0 Å². The number of phosphoric ester groups is 1. The molecule has 1 saturated heterocycles. The van der Waals surface area contributed by atoms with Crippen LogP contribution in [0.15, 0.2) is 12.7 Å². The van der Waals surface area contributed by atoms with Gasteiger partial charge in [-0.25, -0.2) is 19.5 Å². The van der Waals surface area contributed by atoms with Crippen molar-refractivity contribution >= 4 is 24.8 Å². The topological polar surface area (TPSA) is 186 Å². The Morgan fingerprint density at radius 1 is 1.30 bits per heavy atom. The summed E-state index contributed by atoms with van der Waals surface area (Å²) in [4.78, 5) is 29.2. The van der Waals surface area contributed by atoms with E-state index < -0.39 is 39.0 Å². The molecule has 126 valence electrons. The summed E-state index contributed by atoms with van der Waals surface area (Å²) in [7, 11) is -4.72. The number of hydrogen-bond donors (Lipinski definition) is 5. The normalized spacial score (nSPS) is 28.5. The van der Waals surface area contributed by atoms with Crippen LogP contribution in [0.2, 0.25) is 0 Å². The molecule has 0 radical (unpaired) electrons. The van der Waals surface area contributed by atoms with E-state index in [0.717, 1.165) is 0 Å². The Hall–Kier alpha value is -1.66. The maximum absolute atomic E-state index is 10.7. The van der Waals surface area contributed by atoms with Crippen molar-refractivity contribution in [3.63, 3.8) is 0 Å². The molecule has 1 aliphatic rings. The molecule has 0 bridgehead atoms. The highest BCUT2D eigenvalue weighted by Gasteiger charge is 2.45. The van der Waals surface area contributed by atoms with Gasteiger partial charge in [-0.2, -0.15) is 0 Å². The standard InChI is InChI=1S/C10H14N5O7P/c11-8-5-9(13-2-12-8)15(3-14-5)10-7(17)6(16)4(22-10)1-21-23(18,19)20/h2-4,6-7,10,16-17H,1H2,(H2,11,12,13)(H2,18,19,20)/t4-,6?,7+,10-/m1/s1. The second-order valence-corrected chi connectivity index (χ2v) is 6.15. The monoisotopic (exact) mass is 347 g/mol. The van der Waals surface area contributed by atoms with Gasteiger partial charge in [0.2, 0.25) is 0 Å². The first-order valence-corrected chi connectivity index (χ1v) is 7.95. The number of imidazole rings is 1. The van der Waals surface area contributed by atoms with Crippen molar-refractivity contribution in [1.82, 2.24) is 19.5 Å². The average Bonchev–Trinajstić information content (AvgIpc) is 3.01. The van der Waals surface area contributed by atoms with Crippen molar-refractivity contribution in [3.05, 3.63) is 12.7 Å². The summed E-state index contributed by atoms with van der Waals surface area (Å²) in [5, 5.41) is 20.1. The van der Waals surface area contributed by atoms with Gasteiger partial charge in [-0.05, 0) is 0 Å². The van der Waals surface area contributed by atoms with Gasteiger partial charge in [-0.15, -0.1) is 0 Å². The maximum atomic E-state index is 10.7. The Morgan fingerprint density at radius 3 is 2.74 bits per heavy atom. The molecule has 3 heterocycles. The van der Waals surface area contributed by atoms with E-state index in [4.69, 9.17) is 20.3 Å². The zero-order valence-electron chi connectivity index (χ0n) is 11.5. The molecule has 13 heteroatoms. The minimum atomic E-state index is -4.72. The van der Waals surface area contributed by atoms with Crippen LogP contribution in [-0.2, 0) is 13.8 Å². The van der Waals surface area contributed by atoms with Crippen LogP contribution in [-0.4, -0.2) is 64.4 Å². The maximum Gasteiger partial charge on any atom is 0.469 e. The van der Waals surface area contributed by atoms with Gasteiger partial charge in [0.05, 0.1) is 12.9 Å². The third-order valence-corrected chi connectivity index (χ3v) is 3.89. The zero-order valence-corrected chi connectivity index (χ0v) is 12.4. The number of hydrogen-bond acceptors (Lipinski definition) is 9. The summed E-state index contributed by atoms with van der Waals surface area (Å²) < 4.78 is 21.8. The smallest absolute Gasteiger partial charge is 0.387 e. The molecule has 0 aromatic carbocycles. The van der Waals surface area contributed by atoms with E-state index in [1.54, 1.807) is 0 Å². The SMILES string of the molecule is Nc1ncnc2c1ncn2[C@@H]1O[C@H](COP(=O)(O)O)C(O)[C@@H]1O. The number of ether oxygens (including phenoxy) is 1. The highest BCUT2D eigenvalue weighted by Crippen LogP contribution is 2.38. The van der Waals surface area contributed by atoms with E-state index in [1.165, 1.54) is 17.2 Å². The predicted octanol–water partition coefficient (Wildman–Crippen LogP) is -1.86. The van der Waals surface area contributed by atoms with E-state index in [2.05, 4.69) is 19.5 Å². The van der Waals surface area contributed by atoms with Crippen molar-refractivity contribution in [3.8, 4) is 0 Å². The van der Waals surface area contributed by atoms with Gasteiger partial charge < -0.3 is 30.5 Å². The largest absolute Gasteiger partial charge is 0.469 e. The van der Waals surface area contributed by atoms with Gasteiger partial charge in [-0.3, -0.25) is 9.09 Å². The van der Waals surface area contributed by atoms with Gasteiger partial charge in [0, 0.05) is 0 Å². The van der Waals surface area contributed by atoms with Gasteiger partial charge in [0.1, 0.15) is 30.2 Å². The molecule has 0 amide bonds. The lowest BCUT2D eigenvalue weighted by molar-refractivity contribution is -0.0504. The number of aliphatic hydroxyl groups excluding tert-OH is 2. The number of anilines is 1. The number of fused-ring (bicyclic) bond motifs is 1. The van der Waals surface area contributed by atoms with Crippen molar-refractivity contribution in [1.29, 1.82) is 0 Å². The first kappa shape index (κ1) is 16.2. The lowest BCUT2D eigenvalue weighted by Crippen LogP contribution is -2.33. The van der Waals surface area contributed by atoms with Gasteiger partial charge in [0.25, 0.3) is 0 Å². The molecule has 0 aliphatic carbocycles. The van der Waals surface area contributed by atoms with Crippen LogP contribution < -0.4 is 5.73 Å². The number of nitrogens with zero attached hydrogens (tertiary/aromatic N) is 4.